The van der Waals surface area contributed by atoms with Gasteiger partial charge in [0.1, 0.15) is 11.6 Å². The standard InChI is InChI=1S/C15H15F3N4O/c1-23-12-6-8(15(16,17)18)2-3-10(12)13(19)9-4-5-22-7-11(9)14(20)21/h2-7,22H,19H2,1H3,(H3,20,21)/b13-9-. The summed E-state index contributed by atoms with van der Waals surface area (Å²) in [6.45, 7) is 0. The molecule has 5 nitrogen and oxygen atoms in total. The van der Waals surface area contributed by atoms with Crippen LogP contribution in [0.25, 0.3) is 5.70 Å². The molecule has 8 heteroatoms. The molecule has 2 rings (SSSR count). The summed E-state index contributed by atoms with van der Waals surface area (Å²) >= 11 is 0. The van der Waals surface area contributed by atoms with Gasteiger partial charge in [0, 0.05) is 29.1 Å². The van der Waals surface area contributed by atoms with Crippen molar-refractivity contribution >= 4 is 11.5 Å². The largest absolute Gasteiger partial charge is 0.496 e. The zero-order valence-electron chi connectivity index (χ0n) is 12.2. The van der Waals surface area contributed by atoms with Crippen molar-refractivity contribution in [2.24, 2.45) is 11.5 Å². The third-order valence-electron chi connectivity index (χ3n) is 3.26. The highest BCUT2D eigenvalue weighted by molar-refractivity contribution is 6.02. The van der Waals surface area contributed by atoms with E-state index in [2.05, 4.69) is 5.32 Å². The Bertz CT molecular complexity index is 733. The molecule has 1 aromatic carbocycles. The molecule has 1 aliphatic heterocycles. The van der Waals surface area contributed by atoms with Crippen molar-refractivity contribution in [3.63, 3.8) is 0 Å². The number of nitrogens with one attached hydrogen (secondary N) is 2. The van der Waals surface area contributed by atoms with Crippen LogP contribution in [0.15, 0.2) is 47.8 Å². The summed E-state index contributed by atoms with van der Waals surface area (Å²) in [4.78, 5) is 0. The second kappa shape index (κ2) is 6.07. The number of ether oxygens (including phenoxy) is 1. The molecule has 0 amide bonds. The molecule has 1 aliphatic rings. The van der Waals surface area contributed by atoms with Gasteiger partial charge in [-0.1, -0.05) is 0 Å². The van der Waals surface area contributed by atoms with E-state index in [1.54, 1.807) is 12.3 Å². The Morgan fingerprint density at radius 3 is 2.52 bits per heavy atom. The minimum atomic E-state index is -4.48. The van der Waals surface area contributed by atoms with Crippen molar-refractivity contribution in [2.45, 2.75) is 6.18 Å². The van der Waals surface area contributed by atoms with Crippen LogP contribution >= 0.6 is 0 Å². The summed E-state index contributed by atoms with van der Waals surface area (Å²) in [7, 11) is 1.26. The molecule has 23 heavy (non-hydrogen) atoms. The molecule has 0 aromatic heterocycles. The molecule has 0 spiro atoms. The number of allylic oxidation sites excluding steroid dienone is 1. The average molecular weight is 324 g/mol. The lowest BCUT2D eigenvalue weighted by Gasteiger charge is -2.18. The smallest absolute Gasteiger partial charge is 0.416 e. The van der Waals surface area contributed by atoms with Crippen molar-refractivity contribution < 1.29 is 17.9 Å². The number of nitrogens with two attached hydrogens (primary N) is 2. The summed E-state index contributed by atoms with van der Waals surface area (Å²) in [5.74, 6) is -0.231. The normalized spacial score (nSPS) is 16.4. The molecule has 122 valence electrons. The topological polar surface area (TPSA) is 97.1 Å². The third kappa shape index (κ3) is 3.31. The fourth-order valence-electron chi connectivity index (χ4n) is 2.12. The maximum absolute atomic E-state index is 12.8. The van der Waals surface area contributed by atoms with Crippen LogP contribution in [-0.4, -0.2) is 12.9 Å². The van der Waals surface area contributed by atoms with E-state index < -0.39 is 11.7 Å². The van der Waals surface area contributed by atoms with Crippen LogP contribution in [0.4, 0.5) is 13.2 Å². The van der Waals surface area contributed by atoms with Gasteiger partial charge in [-0.25, -0.2) is 0 Å². The Kier molecular flexibility index (Phi) is 4.35. The highest BCUT2D eigenvalue weighted by atomic mass is 19.4. The Morgan fingerprint density at radius 2 is 1.96 bits per heavy atom. The number of hydrogen-bond donors (Lipinski definition) is 4. The highest BCUT2D eigenvalue weighted by Crippen LogP contribution is 2.35. The van der Waals surface area contributed by atoms with Crippen LogP contribution in [0.5, 0.6) is 5.75 Å². The third-order valence-corrected chi connectivity index (χ3v) is 3.26. The van der Waals surface area contributed by atoms with Crippen LogP contribution in [-0.2, 0) is 6.18 Å². The van der Waals surface area contributed by atoms with Crippen LogP contribution in [0, 0.1) is 5.41 Å². The van der Waals surface area contributed by atoms with Gasteiger partial charge >= 0.3 is 6.18 Å². The summed E-state index contributed by atoms with van der Waals surface area (Å²) in [6.07, 6.45) is 0.169. The van der Waals surface area contributed by atoms with Crippen LogP contribution in [0.3, 0.4) is 0 Å². The number of halogens is 3. The van der Waals surface area contributed by atoms with E-state index in [4.69, 9.17) is 21.6 Å². The molecule has 0 saturated heterocycles. The Balaban J connectivity index is 2.59. The Labute approximate surface area is 130 Å². The fourth-order valence-corrected chi connectivity index (χ4v) is 2.12. The summed E-state index contributed by atoms with van der Waals surface area (Å²) in [6, 6.07) is 3.04. The van der Waals surface area contributed by atoms with E-state index in [9.17, 15) is 13.2 Å². The molecule has 0 radical (unpaired) electrons. The van der Waals surface area contributed by atoms with Crippen molar-refractivity contribution in [3.8, 4) is 5.75 Å². The molecule has 0 atom stereocenters. The van der Waals surface area contributed by atoms with E-state index in [0.29, 0.717) is 11.1 Å². The predicted molar refractivity (Wildman–Crippen MR) is 81.4 cm³/mol. The molecule has 0 fully saturated rings. The van der Waals surface area contributed by atoms with Gasteiger partial charge in [-0.15, -0.1) is 0 Å². The zero-order chi connectivity index (χ0) is 17.2. The summed E-state index contributed by atoms with van der Waals surface area (Å²) < 4.78 is 43.4. The fraction of sp³-hybridized carbons (Fsp3) is 0.133. The lowest BCUT2D eigenvalue weighted by atomic mass is 9.97. The lowest BCUT2D eigenvalue weighted by molar-refractivity contribution is -0.137. The van der Waals surface area contributed by atoms with Crippen molar-refractivity contribution in [1.29, 1.82) is 5.41 Å². The SMILES string of the molecule is COc1cc(C(F)(F)F)ccc1/C(N)=C1\C=CNC=C1C(=N)N. The first kappa shape index (κ1) is 16.5. The second-order valence-electron chi connectivity index (χ2n) is 4.71. The van der Waals surface area contributed by atoms with E-state index in [-0.39, 0.29) is 22.8 Å². The molecule has 0 saturated carbocycles. The second-order valence-corrected chi connectivity index (χ2v) is 4.71. The molecule has 0 unspecified atom stereocenters. The minimum Gasteiger partial charge on any atom is -0.496 e. The lowest BCUT2D eigenvalue weighted by Crippen LogP contribution is -2.20. The molecule has 0 aliphatic carbocycles. The summed E-state index contributed by atoms with van der Waals surface area (Å²) in [5.41, 5.74) is 12.0. The van der Waals surface area contributed by atoms with Gasteiger partial charge in [0.2, 0.25) is 0 Å². The number of amidine groups is 1. The number of benzene rings is 1. The first-order valence-electron chi connectivity index (χ1n) is 6.48. The van der Waals surface area contributed by atoms with Crippen molar-refractivity contribution in [2.75, 3.05) is 7.11 Å². The van der Waals surface area contributed by atoms with Gasteiger partial charge in [0.05, 0.1) is 18.4 Å². The number of alkyl halides is 3. The Hall–Kier alpha value is -2.90. The predicted octanol–water partition coefficient (Wildman–Crippen LogP) is 2.32. The summed E-state index contributed by atoms with van der Waals surface area (Å²) in [5, 5.41) is 10.3. The molecular formula is C15H15F3N4O. The Morgan fingerprint density at radius 1 is 1.26 bits per heavy atom. The minimum absolute atomic E-state index is 0.0142. The number of rotatable bonds is 3. The van der Waals surface area contributed by atoms with Gasteiger partial charge in [0.25, 0.3) is 0 Å². The van der Waals surface area contributed by atoms with Gasteiger partial charge in [0.15, 0.2) is 0 Å². The van der Waals surface area contributed by atoms with E-state index in [1.165, 1.54) is 19.4 Å². The maximum Gasteiger partial charge on any atom is 0.416 e. The van der Waals surface area contributed by atoms with E-state index in [1.807, 2.05) is 0 Å². The van der Waals surface area contributed by atoms with E-state index >= 15 is 0 Å². The number of methoxy groups -OCH3 is 1. The van der Waals surface area contributed by atoms with Crippen LogP contribution in [0.1, 0.15) is 11.1 Å². The van der Waals surface area contributed by atoms with Gasteiger partial charge in [-0.2, -0.15) is 13.2 Å². The van der Waals surface area contributed by atoms with E-state index in [0.717, 1.165) is 12.1 Å². The first-order chi connectivity index (χ1) is 10.8. The van der Waals surface area contributed by atoms with Crippen LogP contribution in [0.2, 0.25) is 0 Å². The molecule has 1 heterocycles. The molecule has 0 bridgehead atoms. The first-order valence-corrected chi connectivity index (χ1v) is 6.48. The van der Waals surface area contributed by atoms with Crippen molar-refractivity contribution in [3.05, 3.63) is 58.9 Å². The quantitative estimate of drug-likeness (QED) is 0.507. The highest BCUT2D eigenvalue weighted by Gasteiger charge is 2.31. The van der Waals surface area contributed by atoms with Gasteiger partial charge < -0.3 is 21.5 Å². The van der Waals surface area contributed by atoms with Gasteiger partial charge in [-0.3, -0.25) is 5.41 Å². The number of dihydropyridines is 1. The number of hydrogen-bond acceptors (Lipinski definition) is 4. The zero-order valence-corrected chi connectivity index (χ0v) is 12.2. The average Bonchev–Trinajstić information content (AvgIpc) is 2.52. The van der Waals surface area contributed by atoms with Crippen molar-refractivity contribution in [1.82, 2.24) is 5.32 Å². The van der Waals surface area contributed by atoms with Gasteiger partial charge in [-0.05, 0) is 24.3 Å². The molecule has 6 N–H and O–H groups in total. The van der Waals surface area contributed by atoms with Crippen LogP contribution < -0.4 is 21.5 Å². The monoisotopic (exact) mass is 324 g/mol. The molecule has 1 aromatic rings. The maximum atomic E-state index is 12.8. The molecular weight excluding hydrogens is 309 g/mol.